The van der Waals surface area contributed by atoms with E-state index in [-0.39, 0.29) is 0 Å². The van der Waals surface area contributed by atoms with Gasteiger partial charge in [-0.15, -0.1) is 11.3 Å². The van der Waals surface area contributed by atoms with Gasteiger partial charge in [-0.25, -0.2) is 4.98 Å². The fourth-order valence-electron chi connectivity index (χ4n) is 2.29. The van der Waals surface area contributed by atoms with Crippen LogP contribution in [-0.4, -0.2) is 35.2 Å². The molecule has 19 heavy (non-hydrogen) atoms. The molecule has 4 nitrogen and oxygen atoms in total. The molecule has 0 N–H and O–H groups in total. The van der Waals surface area contributed by atoms with Gasteiger partial charge in [0.05, 0.1) is 24.7 Å². The van der Waals surface area contributed by atoms with Crippen LogP contribution in [0.1, 0.15) is 19.5 Å². The second-order valence-electron chi connectivity index (χ2n) is 5.04. The second kappa shape index (κ2) is 5.45. The number of morpholine rings is 1. The Kier molecular flexibility index (Phi) is 3.68. The van der Waals surface area contributed by atoms with Crippen LogP contribution in [0, 0.1) is 0 Å². The summed E-state index contributed by atoms with van der Waals surface area (Å²) in [5.74, 6) is 0.847. The summed E-state index contributed by atoms with van der Waals surface area (Å²) >= 11 is 1.64. The maximum absolute atomic E-state index is 5.65. The van der Waals surface area contributed by atoms with Gasteiger partial charge in [-0.1, -0.05) is 0 Å². The molecule has 1 aliphatic rings. The van der Waals surface area contributed by atoms with Crippen molar-refractivity contribution in [2.75, 3.05) is 13.2 Å². The van der Waals surface area contributed by atoms with Gasteiger partial charge < -0.3 is 9.15 Å². The average molecular weight is 278 g/mol. The Labute approximate surface area is 117 Å². The first kappa shape index (κ1) is 12.8. The molecule has 0 amide bonds. The number of nitrogens with zero attached hydrogens (tertiary/aromatic N) is 2. The van der Waals surface area contributed by atoms with E-state index in [9.17, 15) is 0 Å². The molecule has 3 rings (SSSR count). The SMILES string of the molecule is C[C@@H]1CO[C@@H](C)CN1Cc1csc(-c2ccco2)n1. The lowest BCUT2D eigenvalue weighted by Crippen LogP contribution is -2.46. The van der Waals surface area contributed by atoms with Gasteiger partial charge in [0.1, 0.15) is 0 Å². The van der Waals surface area contributed by atoms with Gasteiger partial charge >= 0.3 is 0 Å². The van der Waals surface area contributed by atoms with E-state index in [1.54, 1.807) is 17.6 Å². The highest BCUT2D eigenvalue weighted by molar-refractivity contribution is 7.13. The molecule has 1 fully saturated rings. The molecule has 0 spiro atoms. The Bertz CT molecular complexity index is 523. The molecular weight excluding hydrogens is 260 g/mol. The van der Waals surface area contributed by atoms with Crippen molar-refractivity contribution in [3.8, 4) is 10.8 Å². The minimum atomic E-state index is 0.305. The largest absolute Gasteiger partial charge is 0.462 e. The van der Waals surface area contributed by atoms with Crippen LogP contribution in [0.2, 0.25) is 0 Å². The Balaban J connectivity index is 1.70. The van der Waals surface area contributed by atoms with E-state index in [0.29, 0.717) is 12.1 Å². The van der Waals surface area contributed by atoms with Gasteiger partial charge in [0, 0.05) is 24.5 Å². The van der Waals surface area contributed by atoms with Crippen LogP contribution in [0.25, 0.3) is 10.8 Å². The summed E-state index contributed by atoms with van der Waals surface area (Å²) in [6.45, 7) is 6.97. The lowest BCUT2D eigenvalue weighted by atomic mass is 10.2. The minimum absolute atomic E-state index is 0.305. The molecule has 1 saturated heterocycles. The van der Waals surface area contributed by atoms with Crippen LogP contribution < -0.4 is 0 Å². The van der Waals surface area contributed by atoms with E-state index in [1.165, 1.54) is 0 Å². The minimum Gasteiger partial charge on any atom is -0.462 e. The van der Waals surface area contributed by atoms with E-state index in [0.717, 1.165) is 36.2 Å². The average Bonchev–Trinajstić information content (AvgIpc) is 3.04. The van der Waals surface area contributed by atoms with Crippen molar-refractivity contribution in [3.05, 3.63) is 29.5 Å². The molecule has 2 atom stereocenters. The number of ether oxygens (including phenoxy) is 1. The fourth-order valence-corrected chi connectivity index (χ4v) is 3.07. The molecule has 1 aliphatic heterocycles. The number of furan rings is 1. The molecule has 0 radical (unpaired) electrons. The summed E-state index contributed by atoms with van der Waals surface area (Å²) in [4.78, 5) is 7.07. The summed E-state index contributed by atoms with van der Waals surface area (Å²) in [6.07, 6.45) is 1.99. The van der Waals surface area contributed by atoms with Crippen LogP contribution in [0.15, 0.2) is 28.2 Å². The van der Waals surface area contributed by atoms with Gasteiger partial charge in [0.25, 0.3) is 0 Å². The molecule has 102 valence electrons. The van der Waals surface area contributed by atoms with E-state index >= 15 is 0 Å². The first-order valence-corrected chi connectivity index (χ1v) is 7.44. The molecule has 0 aromatic carbocycles. The molecule has 2 aromatic heterocycles. The van der Waals surface area contributed by atoms with Crippen LogP contribution >= 0.6 is 11.3 Å². The summed E-state index contributed by atoms with van der Waals surface area (Å²) in [6, 6.07) is 4.29. The molecular formula is C14H18N2O2S. The predicted octanol–water partition coefficient (Wildman–Crippen LogP) is 3.01. The molecule has 2 aromatic rings. The molecule has 5 heteroatoms. The van der Waals surface area contributed by atoms with Crippen molar-refractivity contribution in [3.63, 3.8) is 0 Å². The van der Waals surface area contributed by atoms with E-state index in [4.69, 9.17) is 9.15 Å². The third-order valence-electron chi connectivity index (χ3n) is 3.39. The second-order valence-corrected chi connectivity index (χ2v) is 5.90. The lowest BCUT2D eigenvalue weighted by Gasteiger charge is -2.36. The van der Waals surface area contributed by atoms with Crippen molar-refractivity contribution < 1.29 is 9.15 Å². The third kappa shape index (κ3) is 2.88. The van der Waals surface area contributed by atoms with Crippen molar-refractivity contribution in [2.24, 2.45) is 0 Å². The number of thiazole rings is 1. The Morgan fingerprint density at radius 3 is 3.16 bits per heavy atom. The first-order chi connectivity index (χ1) is 9.22. The maximum atomic E-state index is 5.65. The quantitative estimate of drug-likeness (QED) is 0.865. The van der Waals surface area contributed by atoms with Crippen molar-refractivity contribution >= 4 is 11.3 Å². The van der Waals surface area contributed by atoms with Gasteiger partial charge in [0.15, 0.2) is 10.8 Å². The number of aromatic nitrogens is 1. The molecule has 0 bridgehead atoms. The summed E-state index contributed by atoms with van der Waals surface area (Å²) < 4.78 is 11.0. The van der Waals surface area contributed by atoms with Crippen molar-refractivity contribution in [1.29, 1.82) is 0 Å². The zero-order valence-electron chi connectivity index (χ0n) is 11.2. The summed E-state index contributed by atoms with van der Waals surface area (Å²) in [5, 5.41) is 3.07. The van der Waals surface area contributed by atoms with Gasteiger partial charge in [0.2, 0.25) is 0 Å². The highest BCUT2D eigenvalue weighted by Gasteiger charge is 2.24. The first-order valence-electron chi connectivity index (χ1n) is 6.56. The predicted molar refractivity (Wildman–Crippen MR) is 75.1 cm³/mol. The smallest absolute Gasteiger partial charge is 0.162 e. The Hall–Kier alpha value is -1.17. The van der Waals surface area contributed by atoms with Crippen LogP contribution in [0.4, 0.5) is 0 Å². The van der Waals surface area contributed by atoms with Crippen LogP contribution in [0.5, 0.6) is 0 Å². The topological polar surface area (TPSA) is 38.5 Å². The van der Waals surface area contributed by atoms with Crippen molar-refractivity contribution in [2.45, 2.75) is 32.5 Å². The number of hydrogen-bond donors (Lipinski definition) is 0. The molecule has 0 aliphatic carbocycles. The number of rotatable bonds is 3. The monoisotopic (exact) mass is 278 g/mol. The fraction of sp³-hybridized carbons (Fsp3) is 0.500. The highest BCUT2D eigenvalue weighted by atomic mass is 32.1. The molecule has 0 unspecified atom stereocenters. The van der Waals surface area contributed by atoms with Crippen LogP contribution in [0.3, 0.4) is 0 Å². The Morgan fingerprint density at radius 1 is 1.47 bits per heavy atom. The zero-order chi connectivity index (χ0) is 13.2. The van der Waals surface area contributed by atoms with Gasteiger partial charge in [-0.05, 0) is 26.0 Å². The van der Waals surface area contributed by atoms with Gasteiger partial charge in [-0.3, -0.25) is 4.90 Å². The lowest BCUT2D eigenvalue weighted by molar-refractivity contribution is -0.0530. The van der Waals surface area contributed by atoms with Crippen LogP contribution in [-0.2, 0) is 11.3 Å². The molecule has 0 saturated carbocycles. The van der Waals surface area contributed by atoms with E-state index < -0.39 is 0 Å². The Morgan fingerprint density at radius 2 is 2.37 bits per heavy atom. The summed E-state index contributed by atoms with van der Waals surface area (Å²) in [7, 11) is 0. The van der Waals surface area contributed by atoms with E-state index in [1.807, 2.05) is 12.1 Å². The summed E-state index contributed by atoms with van der Waals surface area (Å²) in [5.41, 5.74) is 1.11. The highest BCUT2D eigenvalue weighted by Crippen LogP contribution is 2.25. The van der Waals surface area contributed by atoms with E-state index in [2.05, 4.69) is 29.1 Å². The normalized spacial score (nSPS) is 24.7. The third-order valence-corrected chi connectivity index (χ3v) is 4.29. The standard InChI is InChI=1S/C14H18N2O2S/c1-10-8-18-11(2)6-16(10)7-12-9-19-14(15-12)13-4-3-5-17-13/h3-5,9-11H,6-8H2,1-2H3/t10-,11+/m1/s1. The molecule has 3 heterocycles. The number of hydrogen-bond acceptors (Lipinski definition) is 5. The van der Waals surface area contributed by atoms with Crippen molar-refractivity contribution in [1.82, 2.24) is 9.88 Å². The van der Waals surface area contributed by atoms with Gasteiger partial charge in [-0.2, -0.15) is 0 Å². The maximum Gasteiger partial charge on any atom is 0.162 e. The zero-order valence-corrected chi connectivity index (χ0v) is 12.0.